The molecule has 1 unspecified atom stereocenters. The Labute approximate surface area is 160 Å². The monoisotopic (exact) mass is 321 g/mol. The smallest absolute Gasteiger partial charge is 0.548 e. The molecule has 0 saturated heterocycles. The number of carboxylic acids is 1. The summed E-state index contributed by atoms with van der Waals surface area (Å²) in [6.45, 7) is 2.26. The van der Waals surface area contributed by atoms with Gasteiger partial charge in [-0.3, -0.25) is 0 Å². The summed E-state index contributed by atoms with van der Waals surface area (Å²) < 4.78 is 0. The van der Waals surface area contributed by atoms with Crippen LogP contribution in [0.5, 0.6) is 0 Å². The van der Waals surface area contributed by atoms with Crippen LogP contribution in [0.2, 0.25) is 0 Å². The number of rotatable bonds is 15. The number of unbranched alkanes of at least 4 members (excludes halogenated alkanes) is 11. The number of nitrogens with zero attached hydrogens (tertiary/aromatic N) is 1. The molecule has 4 heteroatoms. The third kappa shape index (κ3) is 15.3. The van der Waals surface area contributed by atoms with Crippen LogP contribution in [-0.2, 0) is 4.79 Å². The molecule has 0 aliphatic rings. The fourth-order valence-electron chi connectivity index (χ4n) is 2.77. The molecule has 0 spiro atoms. The molecule has 0 fully saturated rings. The van der Waals surface area contributed by atoms with Gasteiger partial charge in [0.1, 0.15) is 0 Å². The van der Waals surface area contributed by atoms with Crippen molar-refractivity contribution in [3.05, 3.63) is 0 Å². The SMILES string of the molecule is CCCCCCCCCCCCCCC(C(=O)[O-])N(C)C.[Na+]. The van der Waals surface area contributed by atoms with E-state index in [1.807, 2.05) is 0 Å². The minimum absolute atomic E-state index is 0. The predicted molar refractivity (Wildman–Crippen MR) is 88.2 cm³/mol. The maximum absolute atomic E-state index is 10.9. The third-order valence-corrected chi connectivity index (χ3v) is 4.23. The maximum Gasteiger partial charge on any atom is 1.00 e. The summed E-state index contributed by atoms with van der Waals surface area (Å²) >= 11 is 0. The fraction of sp³-hybridized carbons (Fsp3) is 0.944. The number of hydrogen-bond donors (Lipinski definition) is 0. The van der Waals surface area contributed by atoms with Crippen molar-refractivity contribution >= 4 is 5.97 Å². The number of likely N-dealkylation sites (N-methyl/N-ethyl adjacent to an activating group) is 1. The van der Waals surface area contributed by atoms with Gasteiger partial charge in [-0.1, -0.05) is 84.0 Å². The van der Waals surface area contributed by atoms with Gasteiger partial charge in [0, 0.05) is 6.04 Å². The quantitative estimate of drug-likeness (QED) is 0.330. The minimum Gasteiger partial charge on any atom is -0.548 e. The molecule has 126 valence electrons. The van der Waals surface area contributed by atoms with Crippen LogP contribution in [0.3, 0.4) is 0 Å². The van der Waals surface area contributed by atoms with Crippen molar-refractivity contribution in [1.29, 1.82) is 0 Å². The predicted octanol–water partition coefficient (Wildman–Crippen LogP) is 0.762. The average Bonchev–Trinajstić information content (AvgIpc) is 2.43. The van der Waals surface area contributed by atoms with Gasteiger partial charge in [0.05, 0.1) is 5.97 Å². The van der Waals surface area contributed by atoms with E-state index >= 15 is 0 Å². The first kappa shape index (κ1) is 24.7. The number of carboxylic acid groups (broad SMARTS) is 1. The van der Waals surface area contributed by atoms with E-state index < -0.39 is 12.0 Å². The molecule has 0 radical (unpaired) electrons. The Bertz CT molecular complexity index is 247. The summed E-state index contributed by atoms with van der Waals surface area (Å²) in [7, 11) is 3.61. The second-order valence-electron chi connectivity index (χ2n) is 6.48. The standard InChI is InChI=1S/C18H37NO2.Na/c1-4-5-6-7-8-9-10-11-12-13-14-15-16-17(18(20)21)19(2)3;/h17H,4-16H2,1-3H3,(H,20,21);/q;+1/p-1. The van der Waals surface area contributed by atoms with Crippen LogP contribution < -0.4 is 34.7 Å². The van der Waals surface area contributed by atoms with E-state index in [-0.39, 0.29) is 29.6 Å². The molecular weight excluding hydrogens is 285 g/mol. The Morgan fingerprint density at radius 3 is 1.50 bits per heavy atom. The summed E-state index contributed by atoms with van der Waals surface area (Å²) in [6.07, 6.45) is 16.4. The Morgan fingerprint density at radius 2 is 1.18 bits per heavy atom. The van der Waals surface area contributed by atoms with Gasteiger partial charge in [0.2, 0.25) is 0 Å². The van der Waals surface area contributed by atoms with E-state index in [1.54, 1.807) is 19.0 Å². The van der Waals surface area contributed by atoms with Gasteiger partial charge >= 0.3 is 29.6 Å². The molecule has 0 amide bonds. The molecule has 0 heterocycles. The van der Waals surface area contributed by atoms with Gasteiger partial charge in [-0.25, -0.2) is 0 Å². The molecule has 22 heavy (non-hydrogen) atoms. The molecule has 0 bridgehead atoms. The minimum atomic E-state index is -0.942. The number of carbonyl (C=O) groups is 1. The van der Waals surface area contributed by atoms with Crippen molar-refractivity contribution in [3.63, 3.8) is 0 Å². The van der Waals surface area contributed by atoms with Crippen LogP contribution in [0.25, 0.3) is 0 Å². The van der Waals surface area contributed by atoms with Crippen LogP contribution in [-0.4, -0.2) is 31.0 Å². The Kier molecular flexibility index (Phi) is 19.9. The van der Waals surface area contributed by atoms with Crippen molar-refractivity contribution in [1.82, 2.24) is 4.90 Å². The molecule has 0 aliphatic heterocycles. The van der Waals surface area contributed by atoms with E-state index in [4.69, 9.17) is 0 Å². The van der Waals surface area contributed by atoms with Crippen LogP contribution in [0.1, 0.15) is 90.4 Å². The van der Waals surface area contributed by atoms with Gasteiger partial charge in [-0.2, -0.15) is 0 Å². The molecule has 0 aromatic rings. The zero-order valence-corrected chi connectivity index (χ0v) is 17.5. The Morgan fingerprint density at radius 1 is 0.818 bits per heavy atom. The molecule has 0 N–H and O–H groups in total. The van der Waals surface area contributed by atoms with Crippen molar-refractivity contribution in [2.24, 2.45) is 0 Å². The Hall–Kier alpha value is 0.430. The first-order valence-electron chi connectivity index (χ1n) is 8.96. The topological polar surface area (TPSA) is 43.4 Å². The maximum atomic E-state index is 10.9. The number of hydrogen-bond acceptors (Lipinski definition) is 3. The second-order valence-corrected chi connectivity index (χ2v) is 6.48. The van der Waals surface area contributed by atoms with E-state index in [2.05, 4.69) is 6.92 Å². The summed E-state index contributed by atoms with van der Waals surface area (Å²) in [6, 6.07) is -0.423. The van der Waals surface area contributed by atoms with Crippen LogP contribution in [0.15, 0.2) is 0 Å². The van der Waals surface area contributed by atoms with E-state index in [0.717, 1.165) is 12.8 Å². The van der Waals surface area contributed by atoms with Gasteiger partial charge < -0.3 is 14.8 Å². The van der Waals surface area contributed by atoms with Crippen LogP contribution in [0.4, 0.5) is 0 Å². The van der Waals surface area contributed by atoms with Crippen molar-refractivity contribution in [2.75, 3.05) is 14.1 Å². The second kappa shape index (κ2) is 17.8. The summed E-state index contributed by atoms with van der Waals surface area (Å²) in [5.74, 6) is -0.942. The number of aliphatic carboxylic acids is 1. The first-order valence-corrected chi connectivity index (χ1v) is 8.96. The number of carbonyl (C=O) groups excluding carboxylic acids is 1. The third-order valence-electron chi connectivity index (χ3n) is 4.23. The van der Waals surface area contributed by atoms with Gasteiger partial charge in [0.15, 0.2) is 0 Å². The molecule has 0 saturated carbocycles. The van der Waals surface area contributed by atoms with Crippen molar-refractivity contribution in [3.8, 4) is 0 Å². The molecule has 0 aromatic carbocycles. The van der Waals surface area contributed by atoms with Crippen LogP contribution >= 0.6 is 0 Å². The normalized spacial score (nSPS) is 12.2. The largest absolute Gasteiger partial charge is 1.00 e. The summed E-state index contributed by atoms with van der Waals surface area (Å²) in [5.41, 5.74) is 0. The molecule has 0 aliphatic carbocycles. The van der Waals surface area contributed by atoms with Gasteiger partial charge in [0.25, 0.3) is 0 Å². The fourth-order valence-corrected chi connectivity index (χ4v) is 2.77. The molecule has 1 atom stereocenters. The van der Waals surface area contributed by atoms with Gasteiger partial charge in [-0.05, 0) is 20.5 Å². The molecule has 0 rings (SSSR count). The molecule has 0 aromatic heterocycles. The summed E-state index contributed by atoms with van der Waals surface area (Å²) in [4.78, 5) is 12.7. The van der Waals surface area contributed by atoms with Crippen molar-refractivity contribution in [2.45, 2.75) is 96.4 Å². The Balaban J connectivity index is 0. The zero-order valence-electron chi connectivity index (χ0n) is 15.5. The average molecular weight is 321 g/mol. The first-order chi connectivity index (χ1) is 10.1. The molecular formula is C18H36NNaO2. The zero-order chi connectivity index (χ0) is 15.9. The van der Waals surface area contributed by atoms with E-state index in [1.165, 1.54) is 64.2 Å². The van der Waals surface area contributed by atoms with Crippen LogP contribution in [0, 0.1) is 0 Å². The van der Waals surface area contributed by atoms with Gasteiger partial charge in [-0.15, -0.1) is 0 Å². The molecule has 3 nitrogen and oxygen atoms in total. The van der Waals surface area contributed by atoms with E-state index in [9.17, 15) is 9.90 Å². The summed E-state index contributed by atoms with van der Waals surface area (Å²) in [5, 5.41) is 10.9. The van der Waals surface area contributed by atoms with Crippen molar-refractivity contribution < 1.29 is 39.5 Å². The van der Waals surface area contributed by atoms with E-state index in [0.29, 0.717) is 6.42 Å².